The minimum Gasteiger partial charge on any atom is -0.398 e. The predicted molar refractivity (Wildman–Crippen MR) is 64.8 cm³/mol. The first-order valence-corrected chi connectivity index (χ1v) is 8.00. The van der Waals surface area contributed by atoms with Crippen molar-refractivity contribution in [2.24, 2.45) is 0 Å². The van der Waals surface area contributed by atoms with Gasteiger partial charge < -0.3 is 5.73 Å². The van der Waals surface area contributed by atoms with Gasteiger partial charge in [-0.1, -0.05) is 0 Å². The highest BCUT2D eigenvalue weighted by Gasteiger charge is 2.27. The molecule has 0 aliphatic carbocycles. The maximum absolute atomic E-state index is 12.1. The molecule has 7 heteroatoms. The Labute approximate surface area is 97.5 Å². The van der Waals surface area contributed by atoms with Gasteiger partial charge in [-0.15, -0.1) is 11.3 Å². The topological polar surface area (TPSA) is 63.4 Å². The van der Waals surface area contributed by atoms with Crippen LogP contribution in [-0.2, 0) is 10.0 Å². The summed E-state index contributed by atoms with van der Waals surface area (Å²) in [6.07, 6.45) is 0. The Kier molecular flexibility index (Phi) is 3.24. The van der Waals surface area contributed by atoms with E-state index in [0.717, 1.165) is 11.5 Å². The second-order valence-corrected chi connectivity index (χ2v) is 7.52. The van der Waals surface area contributed by atoms with Crippen molar-refractivity contribution in [3.63, 3.8) is 0 Å². The molecule has 0 amide bonds. The third-order valence-corrected chi connectivity index (χ3v) is 6.43. The quantitative estimate of drug-likeness (QED) is 0.868. The third kappa shape index (κ3) is 2.30. The average molecular weight is 264 g/mol. The highest BCUT2D eigenvalue weighted by molar-refractivity contribution is 7.99. The van der Waals surface area contributed by atoms with Gasteiger partial charge in [0.25, 0.3) is 10.0 Å². The van der Waals surface area contributed by atoms with Gasteiger partial charge in [-0.2, -0.15) is 16.1 Å². The molecule has 0 spiro atoms. The van der Waals surface area contributed by atoms with Gasteiger partial charge in [-0.05, 0) is 6.07 Å². The molecular formula is C8H12N2O2S3. The molecule has 2 heterocycles. The number of sulfonamides is 1. The van der Waals surface area contributed by atoms with E-state index < -0.39 is 10.0 Å². The first-order valence-electron chi connectivity index (χ1n) is 4.52. The number of nitrogens with zero attached hydrogens (tertiary/aromatic N) is 1. The van der Waals surface area contributed by atoms with E-state index in [1.165, 1.54) is 21.7 Å². The Balaban J connectivity index is 2.26. The summed E-state index contributed by atoms with van der Waals surface area (Å²) >= 11 is 2.98. The number of anilines is 1. The molecule has 1 aliphatic heterocycles. The lowest BCUT2D eigenvalue weighted by molar-refractivity contribution is 0.445. The van der Waals surface area contributed by atoms with E-state index in [4.69, 9.17) is 5.73 Å². The van der Waals surface area contributed by atoms with Crippen molar-refractivity contribution in [2.45, 2.75) is 4.21 Å². The van der Waals surface area contributed by atoms with Crippen molar-refractivity contribution >= 4 is 38.8 Å². The summed E-state index contributed by atoms with van der Waals surface area (Å²) in [6, 6.07) is 1.53. The van der Waals surface area contributed by atoms with Gasteiger partial charge >= 0.3 is 0 Å². The summed E-state index contributed by atoms with van der Waals surface area (Å²) in [7, 11) is -3.28. The van der Waals surface area contributed by atoms with Crippen LogP contribution in [0.25, 0.3) is 0 Å². The number of thiophene rings is 1. The minimum atomic E-state index is -3.28. The molecule has 15 heavy (non-hydrogen) atoms. The highest BCUT2D eigenvalue weighted by atomic mass is 32.2. The van der Waals surface area contributed by atoms with Gasteiger partial charge in [-0.3, -0.25) is 0 Å². The zero-order valence-corrected chi connectivity index (χ0v) is 10.5. The minimum absolute atomic E-state index is 0.354. The van der Waals surface area contributed by atoms with E-state index in [-0.39, 0.29) is 0 Å². The Bertz CT molecular complexity index is 434. The molecule has 84 valence electrons. The van der Waals surface area contributed by atoms with Crippen LogP contribution in [0, 0.1) is 0 Å². The second-order valence-electron chi connectivity index (χ2n) is 3.22. The molecule has 0 radical (unpaired) electrons. The van der Waals surface area contributed by atoms with Gasteiger partial charge in [0.1, 0.15) is 4.21 Å². The van der Waals surface area contributed by atoms with Crippen LogP contribution in [0.15, 0.2) is 15.7 Å². The van der Waals surface area contributed by atoms with E-state index in [2.05, 4.69) is 0 Å². The molecule has 1 aromatic rings. The molecule has 4 nitrogen and oxygen atoms in total. The van der Waals surface area contributed by atoms with Crippen molar-refractivity contribution in [1.29, 1.82) is 0 Å². The molecular weight excluding hydrogens is 252 g/mol. The summed E-state index contributed by atoms with van der Waals surface area (Å²) in [4.78, 5) is 0. The van der Waals surface area contributed by atoms with Crippen molar-refractivity contribution in [3.05, 3.63) is 11.4 Å². The monoisotopic (exact) mass is 264 g/mol. The fourth-order valence-electron chi connectivity index (χ4n) is 1.38. The largest absolute Gasteiger partial charge is 0.398 e. The van der Waals surface area contributed by atoms with Crippen molar-refractivity contribution in [3.8, 4) is 0 Å². The summed E-state index contributed by atoms with van der Waals surface area (Å²) in [5.41, 5.74) is 6.05. The number of nitrogens with two attached hydrogens (primary N) is 1. The van der Waals surface area contributed by atoms with Gasteiger partial charge in [0, 0.05) is 35.7 Å². The second kappa shape index (κ2) is 4.32. The van der Waals surface area contributed by atoms with E-state index in [9.17, 15) is 8.42 Å². The van der Waals surface area contributed by atoms with Crippen LogP contribution in [-0.4, -0.2) is 37.3 Å². The molecule has 0 saturated carbocycles. The molecule has 1 aliphatic rings. The van der Waals surface area contributed by atoms with Crippen LogP contribution in [0.3, 0.4) is 0 Å². The van der Waals surface area contributed by atoms with Crippen LogP contribution in [0.1, 0.15) is 0 Å². The molecule has 0 aromatic carbocycles. The standard InChI is InChI=1S/C8H12N2O2S3/c9-7-5-8(14-6-7)15(11,12)10-1-3-13-4-2-10/h5-6H,1-4,9H2. The van der Waals surface area contributed by atoms with Crippen LogP contribution in [0.2, 0.25) is 0 Å². The van der Waals surface area contributed by atoms with E-state index in [1.54, 1.807) is 17.1 Å². The van der Waals surface area contributed by atoms with Crippen molar-refractivity contribution in [2.75, 3.05) is 30.3 Å². The summed E-state index contributed by atoms with van der Waals surface area (Å²) < 4.78 is 26.0. The Morgan fingerprint density at radius 1 is 1.33 bits per heavy atom. The Morgan fingerprint density at radius 2 is 2.00 bits per heavy atom. The van der Waals surface area contributed by atoms with E-state index in [0.29, 0.717) is 23.0 Å². The number of hydrogen-bond acceptors (Lipinski definition) is 5. The third-order valence-electron chi connectivity index (χ3n) is 2.16. The van der Waals surface area contributed by atoms with Gasteiger partial charge in [0.15, 0.2) is 0 Å². The zero-order chi connectivity index (χ0) is 10.9. The normalized spacial score (nSPS) is 19.2. The number of hydrogen-bond donors (Lipinski definition) is 1. The molecule has 0 unspecified atom stereocenters. The van der Waals surface area contributed by atoms with E-state index in [1.807, 2.05) is 0 Å². The average Bonchev–Trinajstić information content (AvgIpc) is 2.67. The summed E-state index contributed by atoms with van der Waals surface area (Å²) in [6.45, 7) is 1.20. The van der Waals surface area contributed by atoms with Crippen molar-refractivity contribution < 1.29 is 8.42 Å². The fourth-order valence-corrected chi connectivity index (χ4v) is 5.19. The molecule has 1 fully saturated rings. The Hall–Kier alpha value is -0.240. The highest BCUT2D eigenvalue weighted by Crippen LogP contribution is 2.26. The van der Waals surface area contributed by atoms with Gasteiger partial charge in [-0.25, -0.2) is 8.42 Å². The maximum atomic E-state index is 12.1. The number of thioether (sulfide) groups is 1. The predicted octanol–water partition coefficient (Wildman–Crippen LogP) is 1.07. The van der Waals surface area contributed by atoms with Gasteiger partial charge in [0.2, 0.25) is 0 Å². The molecule has 1 saturated heterocycles. The van der Waals surface area contributed by atoms with E-state index >= 15 is 0 Å². The van der Waals surface area contributed by atoms with Crippen LogP contribution in [0.5, 0.6) is 0 Å². The summed E-state index contributed by atoms with van der Waals surface area (Å²) in [5.74, 6) is 1.75. The lowest BCUT2D eigenvalue weighted by atomic mass is 10.6. The molecule has 1 aromatic heterocycles. The van der Waals surface area contributed by atoms with Gasteiger partial charge in [0.05, 0.1) is 0 Å². The first kappa shape index (κ1) is 11.3. The first-order chi connectivity index (χ1) is 7.10. The fraction of sp³-hybridized carbons (Fsp3) is 0.500. The molecule has 0 bridgehead atoms. The molecule has 0 atom stereocenters. The lowest BCUT2D eigenvalue weighted by Gasteiger charge is -2.24. The van der Waals surface area contributed by atoms with Crippen LogP contribution >= 0.6 is 23.1 Å². The Morgan fingerprint density at radius 3 is 2.53 bits per heavy atom. The zero-order valence-electron chi connectivity index (χ0n) is 8.05. The van der Waals surface area contributed by atoms with Crippen LogP contribution < -0.4 is 5.73 Å². The SMILES string of the molecule is Nc1csc(S(=O)(=O)N2CCSCC2)c1. The lowest BCUT2D eigenvalue weighted by Crippen LogP contribution is -2.37. The number of rotatable bonds is 2. The van der Waals surface area contributed by atoms with Crippen LogP contribution in [0.4, 0.5) is 5.69 Å². The smallest absolute Gasteiger partial charge is 0.252 e. The molecule has 2 rings (SSSR count). The van der Waals surface area contributed by atoms with Crippen molar-refractivity contribution in [1.82, 2.24) is 4.31 Å². The number of nitrogen functional groups attached to an aromatic ring is 1. The summed E-state index contributed by atoms with van der Waals surface area (Å²) in [5, 5.41) is 1.66. The molecule has 2 N–H and O–H groups in total. The maximum Gasteiger partial charge on any atom is 0.252 e.